The number of hydrogen-bond acceptors (Lipinski definition) is 6. The highest BCUT2D eigenvalue weighted by Crippen LogP contribution is 2.34. The molecule has 0 unspecified atom stereocenters. The van der Waals surface area contributed by atoms with Gasteiger partial charge >= 0.3 is 5.97 Å². The number of esters is 1. The molecule has 0 aliphatic rings. The van der Waals surface area contributed by atoms with Gasteiger partial charge in [0.2, 0.25) is 5.91 Å². The van der Waals surface area contributed by atoms with Gasteiger partial charge in [0.05, 0.1) is 27.8 Å². The minimum atomic E-state index is -0.695. The fourth-order valence-electron chi connectivity index (χ4n) is 2.16. The van der Waals surface area contributed by atoms with Crippen LogP contribution >= 0.6 is 34.7 Å². The Kier molecular flexibility index (Phi) is 7.23. The quantitative estimate of drug-likeness (QED) is 0.513. The van der Waals surface area contributed by atoms with Gasteiger partial charge in [-0.15, -0.1) is 23.1 Å². The Morgan fingerprint density at radius 3 is 2.67 bits per heavy atom. The fourth-order valence-corrected chi connectivity index (χ4v) is 4.21. The van der Waals surface area contributed by atoms with Crippen molar-refractivity contribution in [2.75, 3.05) is 17.7 Å². The maximum absolute atomic E-state index is 13.2. The first-order valence-corrected chi connectivity index (χ1v) is 9.90. The molecular weight excluding hydrogens is 415 g/mol. The molecule has 27 heavy (non-hydrogen) atoms. The summed E-state index contributed by atoms with van der Waals surface area (Å²) in [6, 6.07) is 4.13. The summed E-state index contributed by atoms with van der Waals surface area (Å²) in [5.74, 6) is -2.31. The van der Waals surface area contributed by atoms with Crippen LogP contribution in [0.1, 0.15) is 32.5 Å². The molecule has 10 heteroatoms. The van der Waals surface area contributed by atoms with Crippen molar-refractivity contribution in [2.45, 2.75) is 18.7 Å². The van der Waals surface area contributed by atoms with Gasteiger partial charge in [-0.2, -0.15) is 0 Å². The Labute approximate surface area is 168 Å². The van der Waals surface area contributed by atoms with Gasteiger partial charge in [0.15, 0.2) is 0 Å². The van der Waals surface area contributed by atoms with Crippen molar-refractivity contribution in [1.29, 1.82) is 0 Å². The summed E-state index contributed by atoms with van der Waals surface area (Å²) in [4.78, 5) is 36.8. The largest absolute Gasteiger partial charge is 0.462 e. The topological polar surface area (TPSA) is 98.5 Å². The number of ether oxygens (including phenoxy) is 1. The number of carbonyl (C=O) groups excluding carboxylic acids is 3. The van der Waals surface area contributed by atoms with E-state index in [9.17, 15) is 18.8 Å². The van der Waals surface area contributed by atoms with E-state index in [0.717, 1.165) is 23.1 Å². The number of thioether (sulfide) groups is 1. The van der Waals surface area contributed by atoms with Crippen LogP contribution in [-0.4, -0.2) is 30.1 Å². The monoisotopic (exact) mass is 430 g/mol. The zero-order valence-corrected chi connectivity index (χ0v) is 16.8. The summed E-state index contributed by atoms with van der Waals surface area (Å²) in [5, 5.41) is 2.76. The lowest BCUT2D eigenvalue weighted by Gasteiger charge is -2.07. The molecule has 0 bridgehead atoms. The summed E-state index contributed by atoms with van der Waals surface area (Å²) in [5.41, 5.74) is 5.79. The van der Waals surface area contributed by atoms with E-state index in [-0.39, 0.29) is 32.8 Å². The van der Waals surface area contributed by atoms with Crippen LogP contribution in [0, 0.1) is 12.7 Å². The number of anilines is 1. The Morgan fingerprint density at radius 2 is 2.07 bits per heavy atom. The minimum absolute atomic E-state index is 0.00687. The first-order chi connectivity index (χ1) is 12.7. The maximum Gasteiger partial charge on any atom is 0.341 e. The highest BCUT2D eigenvalue weighted by Gasteiger charge is 2.25. The number of amides is 2. The third-order valence-corrected chi connectivity index (χ3v) is 5.87. The van der Waals surface area contributed by atoms with E-state index in [1.54, 1.807) is 13.8 Å². The standard InChI is InChI=1S/C17H16ClFN2O4S2/c1-3-25-17(24)13-8(2)14(15(20)23)27-16(13)21-12(22)7-26-9-4-5-11(19)10(18)6-9/h4-6H,3,7H2,1-2H3,(H2,20,23)(H,21,22). The number of hydrogen-bond donors (Lipinski definition) is 2. The number of benzene rings is 1. The molecule has 0 aliphatic carbocycles. The van der Waals surface area contributed by atoms with Gasteiger partial charge in [0.1, 0.15) is 10.8 Å². The Bertz CT molecular complexity index is 901. The average molecular weight is 431 g/mol. The van der Waals surface area contributed by atoms with Crippen molar-refractivity contribution in [3.8, 4) is 0 Å². The van der Waals surface area contributed by atoms with E-state index in [1.165, 1.54) is 18.2 Å². The molecular formula is C17H16ClFN2O4S2. The summed E-state index contributed by atoms with van der Waals surface area (Å²) < 4.78 is 18.2. The van der Waals surface area contributed by atoms with Crippen molar-refractivity contribution < 1.29 is 23.5 Å². The van der Waals surface area contributed by atoms with Crippen LogP contribution < -0.4 is 11.1 Å². The highest BCUT2D eigenvalue weighted by molar-refractivity contribution is 8.00. The Hall–Kier alpha value is -2.10. The normalized spacial score (nSPS) is 10.5. The van der Waals surface area contributed by atoms with Gasteiger partial charge in [-0.25, -0.2) is 9.18 Å². The molecule has 3 N–H and O–H groups in total. The molecule has 0 radical (unpaired) electrons. The van der Waals surface area contributed by atoms with Crippen LogP contribution in [0.3, 0.4) is 0 Å². The van der Waals surface area contributed by atoms with E-state index in [0.29, 0.717) is 10.5 Å². The lowest BCUT2D eigenvalue weighted by atomic mass is 10.1. The van der Waals surface area contributed by atoms with E-state index >= 15 is 0 Å². The van der Waals surface area contributed by atoms with Gasteiger partial charge in [-0.05, 0) is 37.6 Å². The lowest BCUT2D eigenvalue weighted by molar-refractivity contribution is -0.113. The third-order valence-electron chi connectivity index (χ3n) is 3.36. The molecule has 2 amide bonds. The second-order valence-corrected chi connectivity index (χ2v) is 7.73. The third kappa shape index (κ3) is 5.21. The highest BCUT2D eigenvalue weighted by atomic mass is 35.5. The number of nitrogens with two attached hydrogens (primary N) is 1. The molecule has 0 atom stereocenters. The summed E-state index contributed by atoms with van der Waals surface area (Å²) in [6.45, 7) is 3.36. The minimum Gasteiger partial charge on any atom is -0.462 e. The van der Waals surface area contributed by atoms with E-state index in [1.807, 2.05) is 0 Å². The van der Waals surface area contributed by atoms with Crippen molar-refractivity contribution in [3.63, 3.8) is 0 Å². The second kappa shape index (κ2) is 9.20. The zero-order chi connectivity index (χ0) is 20.1. The maximum atomic E-state index is 13.2. The summed E-state index contributed by atoms with van der Waals surface area (Å²) in [6.07, 6.45) is 0. The average Bonchev–Trinajstić information content (AvgIpc) is 2.92. The van der Waals surface area contributed by atoms with Crippen LogP contribution in [0.4, 0.5) is 9.39 Å². The van der Waals surface area contributed by atoms with Gasteiger partial charge in [0, 0.05) is 4.90 Å². The first kappa shape index (κ1) is 21.2. The Balaban J connectivity index is 2.16. The molecule has 0 fully saturated rings. The van der Waals surface area contributed by atoms with Crippen molar-refractivity contribution in [2.24, 2.45) is 5.73 Å². The lowest BCUT2D eigenvalue weighted by Crippen LogP contribution is -2.16. The molecule has 2 aromatic rings. The van der Waals surface area contributed by atoms with Crippen LogP contribution in [-0.2, 0) is 9.53 Å². The predicted octanol–water partition coefficient (Wildman–Crippen LogP) is 3.86. The van der Waals surface area contributed by atoms with Crippen molar-refractivity contribution in [3.05, 3.63) is 45.0 Å². The smallest absolute Gasteiger partial charge is 0.341 e. The molecule has 1 heterocycles. The molecule has 0 spiro atoms. The SMILES string of the molecule is CCOC(=O)c1c(NC(=O)CSc2ccc(F)c(Cl)c2)sc(C(N)=O)c1C. The van der Waals surface area contributed by atoms with Crippen LogP contribution in [0.2, 0.25) is 5.02 Å². The van der Waals surface area contributed by atoms with Crippen LogP contribution in [0.15, 0.2) is 23.1 Å². The summed E-state index contributed by atoms with van der Waals surface area (Å²) in [7, 11) is 0. The van der Waals surface area contributed by atoms with E-state index < -0.39 is 23.6 Å². The molecule has 6 nitrogen and oxygen atoms in total. The molecule has 144 valence electrons. The number of rotatable bonds is 7. The number of thiophene rings is 1. The van der Waals surface area contributed by atoms with E-state index in [4.69, 9.17) is 22.1 Å². The first-order valence-electron chi connectivity index (χ1n) is 7.72. The number of nitrogens with one attached hydrogen (secondary N) is 1. The zero-order valence-electron chi connectivity index (χ0n) is 14.4. The van der Waals surface area contributed by atoms with Crippen molar-refractivity contribution >= 4 is 57.5 Å². The van der Waals surface area contributed by atoms with Crippen LogP contribution in [0.25, 0.3) is 0 Å². The molecule has 2 rings (SSSR count). The molecule has 0 aliphatic heterocycles. The number of halogens is 2. The van der Waals surface area contributed by atoms with E-state index in [2.05, 4.69) is 5.32 Å². The Morgan fingerprint density at radius 1 is 1.37 bits per heavy atom. The summed E-state index contributed by atoms with van der Waals surface area (Å²) >= 11 is 7.77. The molecule has 1 aromatic carbocycles. The molecule has 1 aromatic heterocycles. The molecule has 0 saturated heterocycles. The fraction of sp³-hybridized carbons (Fsp3) is 0.235. The predicted molar refractivity (Wildman–Crippen MR) is 104 cm³/mol. The second-order valence-electron chi connectivity index (χ2n) is 5.26. The van der Waals surface area contributed by atoms with Gasteiger partial charge in [-0.1, -0.05) is 11.6 Å². The van der Waals surface area contributed by atoms with Gasteiger partial charge < -0.3 is 15.8 Å². The van der Waals surface area contributed by atoms with Gasteiger partial charge in [0.25, 0.3) is 5.91 Å². The molecule has 0 saturated carbocycles. The number of carbonyl (C=O) groups is 3. The van der Waals surface area contributed by atoms with Crippen LogP contribution in [0.5, 0.6) is 0 Å². The van der Waals surface area contributed by atoms with Crippen molar-refractivity contribution in [1.82, 2.24) is 0 Å². The van der Waals surface area contributed by atoms with Gasteiger partial charge in [-0.3, -0.25) is 9.59 Å². The number of primary amides is 1.